The van der Waals surface area contributed by atoms with Crippen molar-refractivity contribution >= 4 is 21.9 Å². The predicted octanol–water partition coefficient (Wildman–Crippen LogP) is 8.90. The topological polar surface area (TPSA) is 12.9 Å². The van der Waals surface area contributed by atoms with Gasteiger partial charge in [-0.05, 0) is 69.7 Å². The smallest absolute Gasteiger partial charge is 0.0786 e. The van der Waals surface area contributed by atoms with Gasteiger partial charge in [0.25, 0.3) is 0 Å². The van der Waals surface area contributed by atoms with E-state index in [-0.39, 0.29) is 10.8 Å². The summed E-state index contributed by atoms with van der Waals surface area (Å²) in [5, 5.41) is 2.55. The van der Waals surface area contributed by atoms with Gasteiger partial charge in [-0.2, -0.15) is 0 Å². The monoisotopic (exact) mass is 457 g/mol. The molecule has 0 aliphatic heterocycles. The second-order valence-corrected chi connectivity index (χ2v) is 12.0. The number of hydrogen-bond acceptors (Lipinski definition) is 1. The number of hydrogen-bond donors (Lipinski definition) is 0. The molecule has 0 radical (unpaired) electrons. The van der Waals surface area contributed by atoms with Crippen LogP contribution in [0, 0.1) is 12.8 Å². The lowest BCUT2D eigenvalue weighted by atomic mass is 9.74. The van der Waals surface area contributed by atoms with Crippen LogP contribution in [0.2, 0.25) is 0 Å². The maximum atomic E-state index is 5.16. The van der Waals surface area contributed by atoms with Crippen molar-refractivity contribution in [3.05, 3.63) is 100 Å². The van der Waals surface area contributed by atoms with Crippen molar-refractivity contribution in [2.45, 2.75) is 65.7 Å². The number of allylic oxidation sites excluding steroid dienone is 2. The van der Waals surface area contributed by atoms with Crippen molar-refractivity contribution in [3.63, 3.8) is 0 Å². The summed E-state index contributed by atoms with van der Waals surface area (Å²) in [7, 11) is 0. The number of fused-ring (bicyclic) bond motifs is 5. The predicted molar refractivity (Wildman–Crippen MR) is 150 cm³/mol. The Morgan fingerprint density at radius 1 is 0.743 bits per heavy atom. The van der Waals surface area contributed by atoms with Gasteiger partial charge in [-0.3, -0.25) is 4.98 Å². The molecule has 0 spiro atoms. The molecule has 0 saturated carbocycles. The number of aryl methyl sites for hydroxylation is 1. The maximum Gasteiger partial charge on any atom is 0.0786 e. The Kier molecular flexibility index (Phi) is 4.71. The van der Waals surface area contributed by atoms with Gasteiger partial charge < -0.3 is 0 Å². The second-order valence-electron chi connectivity index (χ2n) is 12.0. The van der Waals surface area contributed by atoms with Gasteiger partial charge in [0.2, 0.25) is 0 Å². The van der Waals surface area contributed by atoms with Crippen LogP contribution in [0.25, 0.3) is 33.2 Å². The van der Waals surface area contributed by atoms with Gasteiger partial charge >= 0.3 is 0 Å². The van der Waals surface area contributed by atoms with E-state index in [9.17, 15) is 0 Å². The SMILES string of the molecule is Cc1cc2cc(CC(C)C)ccc2c(-c2cccc3c2C(C)(C)C2=C3C(C)(C)c3ccccc32)n1. The van der Waals surface area contributed by atoms with Crippen LogP contribution in [-0.2, 0) is 17.3 Å². The lowest BCUT2D eigenvalue weighted by molar-refractivity contribution is 0.648. The third kappa shape index (κ3) is 3.10. The minimum Gasteiger partial charge on any atom is -0.252 e. The van der Waals surface area contributed by atoms with Crippen molar-refractivity contribution in [1.29, 1.82) is 0 Å². The summed E-state index contributed by atoms with van der Waals surface area (Å²) in [5.74, 6) is 0.646. The van der Waals surface area contributed by atoms with Crippen LogP contribution < -0.4 is 0 Å². The first-order valence-corrected chi connectivity index (χ1v) is 13.0. The van der Waals surface area contributed by atoms with Crippen LogP contribution in [0.3, 0.4) is 0 Å². The molecule has 0 amide bonds. The van der Waals surface area contributed by atoms with E-state index in [4.69, 9.17) is 4.98 Å². The first-order chi connectivity index (χ1) is 16.6. The highest BCUT2D eigenvalue weighted by molar-refractivity contribution is 6.11. The number of nitrogens with zero attached hydrogens (tertiary/aromatic N) is 1. The van der Waals surface area contributed by atoms with E-state index in [1.165, 1.54) is 55.3 Å². The van der Waals surface area contributed by atoms with Crippen molar-refractivity contribution in [2.75, 3.05) is 0 Å². The Labute approximate surface area is 209 Å². The summed E-state index contributed by atoms with van der Waals surface area (Å²) in [4.78, 5) is 5.16. The van der Waals surface area contributed by atoms with Crippen molar-refractivity contribution in [1.82, 2.24) is 4.98 Å². The molecular formula is C34H35N. The molecule has 1 heterocycles. The fraction of sp³-hybridized carbons (Fsp3) is 0.324. The zero-order valence-corrected chi connectivity index (χ0v) is 22.1. The minimum atomic E-state index is -0.0968. The standard InChI is InChI=1S/C34H35N/c1-20(2)17-22-15-16-24-23(19-22)18-21(3)35-32(24)27-13-10-12-26-29(27)34(6,7)30-25-11-8-9-14-28(25)33(4,5)31(26)30/h8-16,18-20H,17H2,1-7H3. The average Bonchev–Trinajstić information content (AvgIpc) is 3.20. The summed E-state index contributed by atoms with van der Waals surface area (Å²) < 4.78 is 0. The summed E-state index contributed by atoms with van der Waals surface area (Å²) >= 11 is 0. The molecule has 1 heteroatoms. The highest BCUT2D eigenvalue weighted by atomic mass is 14.7. The minimum absolute atomic E-state index is 0.0130. The number of aromatic nitrogens is 1. The summed E-state index contributed by atoms with van der Waals surface area (Å²) in [6.07, 6.45) is 1.10. The van der Waals surface area contributed by atoms with Gasteiger partial charge in [-0.1, -0.05) is 102 Å². The van der Waals surface area contributed by atoms with Crippen LogP contribution >= 0.6 is 0 Å². The van der Waals surface area contributed by atoms with Gasteiger partial charge in [-0.25, -0.2) is 0 Å². The molecule has 2 aliphatic rings. The first-order valence-electron chi connectivity index (χ1n) is 13.0. The third-order valence-corrected chi connectivity index (χ3v) is 8.25. The van der Waals surface area contributed by atoms with Crippen LogP contribution in [0.5, 0.6) is 0 Å². The van der Waals surface area contributed by atoms with Gasteiger partial charge in [-0.15, -0.1) is 0 Å². The molecule has 35 heavy (non-hydrogen) atoms. The van der Waals surface area contributed by atoms with E-state index < -0.39 is 0 Å². The molecule has 2 aliphatic carbocycles. The molecule has 0 unspecified atom stereocenters. The van der Waals surface area contributed by atoms with Gasteiger partial charge in [0, 0.05) is 27.5 Å². The number of benzene rings is 3. The lowest BCUT2D eigenvalue weighted by Crippen LogP contribution is -2.20. The fourth-order valence-corrected chi connectivity index (χ4v) is 6.95. The quantitative estimate of drug-likeness (QED) is 0.299. The van der Waals surface area contributed by atoms with Gasteiger partial charge in [0.1, 0.15) is 0 Å². The van der Waals surface area contributed by atoms with E-state index in [1.807, 2.05) is 0 Å². The molecule has 0 N–H and O–H groups in total. The summed E-state index contributed by atoms with van der Waals surface area (Å²) in [6.45, 7) is 16.3. The van der Waals surface area contributed by atoms with Crippen LogP contribution in [0.1, 0.15) is 75.1 Å². The van der Waals surface area contributed by atoms with E-state index in [0.29, 0.717) is 5.92 Å². The Morgan fingerprint density at radius 3 is 2.20 bits per heavy atom. The molecule has 0 fully saturated rings. The normalized spacial score (nSPS) is 17.1. The molecule has 3 aromatic carbocycles. The van der Waals surface area contributed by atoms with Crippen LogP contribution in [0.4, 0.5) is 0 Å². The zero-order chi connectivity index (χ0) is 24.7. The summed E-state index contributed by atoms with van der Waals surface area (Å²) in [5.41, 5.74) is 13.5. The molecule has 0 atom stereocenters. The lowest BCUT2D eigenvalue weighted by Gasteiger charge is -2.29. The fourth-order valence-electron chi connectivity index (χ4n) is 6.95. The van der Waals surface area contributed by atoms with Crippen molar-refractivity contribution in [3.8, 4) is 11.3 Å². The average molecular weight is 458 g/mol. The summed E-state index contributed by atoms with van der Waals surface area (Å²) in [6, 6.07) is 25.1. The Morgan fingerprint density at radius 2 is 1.43 bits per heavy atom. The molecular weight excluding hydrogens is 422 g/mol. The number of pyridine rings is 1. The van der Waals surface area contributed by atoms with Crippen LogP contribution in [0.15, 0.2) is 66.7 Å². The first kappa shape index (κ1) is 22.3. The molecule has 0 bridgehead atoms. The molecule has 4 aromatic rings. The van der Waals surface area contributed by atoms with Gasteiger partial charge in [0.05, 0.1) is 5.69 Å². The van der Waals surface area contributed by atoms with Crippen molar-refractivity contribution < 1.29 is 0 Å². The second kappa shape index (κ2) is 7.40. The largest absolute Gasteiger partial charge is 0.252 e. The zero-order valence-electron chi connectivity index (χ0n) is 22.1. The van der Waals surface area contributed by atoms with E-state index in [0.717, 1.165) is 17.8 Å². The molecule has 6 rings (SSSR count). The Bertz CT molecular complexity index is 1540. The molecule has 1 nitrogen and oxygen atoms in total. The van der Waals surface area contributed by atoms with E-state index in [1.54, 1.807) is 0 Å². The van der Waals surface area contributed by atoms with Gasteiger partial charge in [0.15, 0.2) is 0 Å². The maximum absolute atomic E-state index is 5.16. The number of rotatable bonds is 3. The van der Waals surface area contributed by atoms with E-state index >= 15 is 0 Å². The molecule has 1 aromatic heterocycles. The Hall–Kier alpha value is -3.19. The molecule has 176 valence electrons. The van der Waals surface area contributed by atoms with Crippen molar-refractivity contribution in [2.24, 2.45) is 5.92 Å². The third-order valence-electron chi connectivity index (χ3n) is 8.25. The highest BCUT2D eigenvalue weighted by Gasteiger charge is 2.50. The van der Waals surface area contributed by atoms with Crippen LogP contribution in [-0.4, -0.2) is 4.98 Å². The van der Waals surface area contributed by atoms with E-state index in [2.05, 4.69) is 115 Å². The molecule has 0 saturated heterocycles. The highest BCUT2D eigenvalue weighted by Crippen LogP contribution is 2.63. The Balaban J connectivity index is 1.60.